The molecule has 0 bridgehead atoms. The molecule has 0 aliphatic heterocycles. The van der Waals surface area contributed by atoms with Crippen molar-refractivity contribution in [1.29, 1.82) is 0 Å². The van der Waals surface area contributed by atoms with E-state index in [1.54, 1.807) is 0 Å². The standard InChI is InChI=1S/C4H2N2O4/c7-1-5-3(4(9)10)6-2-8/h3H,(H,9,10). The Kier molecular flexibility index (Phi) is 3.41. The topological polar surface area (TPSA) is 96.2 Å². The maximum Gasteiger partial charge on any atom is 0.352 e. The van der Waals surface area contributed by atoms with Crippen molar-refractivity contribution in [3.63, 3.8) is 0 Å². The monoisotopic (exact) mass is 142 g/mol. The lowest BCUT2D eigenvalue weighted by atomic mass is 10.5. The number of carboxylic acids is 1. The molecule has 0 atom stereocenters. The number of hydrogen-bond acceptors (Lipinski definition) is 5. The van der Waals surface area contributed by atoms with Gasteiger partial charge in [-0.3, -0.25) is 0 Å². The van der Waals surface area contributed by atoms with E-state index in [-0.39, 0.29) is 0 Å². The zero-order chi connectivity index (χ0) is 7.98. The molecular formula is C4H2N2O4. The van der Waals surface area contributed by atoms with E-state index >= 15 is 0 Å². The second-order valence-electron chi connectivity index (χ2n) is 1.15. The molecule has 6 nitrogen and oxygen atoms in total. The molecule has 0 aromatic rings. The van der Waals surface area contributed by atoms with Gasteiger partial charge in [0, 0.05) is 0 Å². The minimum absolute atomic E-state index is 0.955. The van der Waals surface area contributed by atoms with Crippen LogP contribution in [0, 0.1) is 0 Å². The highest BCUT2D eigenvalue weighted by atomic mass is 16.4. The van der Waals surface area contributed by atoms with Crippen molar-refractivity contribution in [3.8, 4) is 0 Å². The number of aliphatic carboxylic acids is 1. The Labute approximate surface area is 54.9 Å². The summed E-state index contributed by atoms with van der Waals surface area (Å²) in [6, 6.07) is 0. The van der Waals surface area contributed by atoms with Gasteiger partial charge in [-0.1, -0.05) is 0 Å². The average molecular weight is 142 g/mol. The summed E-state index contributed by atoms with van der Waals surface area (Å²) in [5, 5.41) is 8.09. The minimum Gasteiger partial charge on any atom is -0.478 e. The second kappa shape index (κ2) is 4.14. The van der Waals surface area contributed by atoms with Gasteiger partial charge in [-0.2, -0.15) is 9.98 Å². The van der Waals surface area contributed by atoms with Crippen LogP contribution in [-0.2, 0) is 14.4 Å². The number of nitrogens with zero attached hydrogens (tertiary/aromatic N) is 2. The summed E-state index contributed by atoms with van der Waals surface area (Å²) in [5.74, 6) is -1.49. The molecule has 0 unspecified atom stereocenters. The molecule has 1 N–H and O–H groups in total. The van der Waals surface area contributed by atoms with E-state index in [1.165, 1.54) is 0 Å². The van der Waals surface area contributed by atoms with Gasteiger partial charge in [-0.05, 0) is 0 Å². The summed E-state index contributed by atoms with van der Waals surface area (Å²) in [6.07, 6.45) is 0.212. The van der Waals surface area contributed by atoms with Gasteiger partial charge >= 0.3 is 5.97 Å². The molecule has 0 spiro atoms. The van der Waals surface area contributed by atoms with Gasteiger partial charge < -0.3 is 5.11 Å². The smallest absolute Gasteiger partial charge is 0.352 e. The van der Waals surface area contributed by atoms with E-state index < -0.39 is 12.1 Å². The summed E-state index contributed by atoms with van der Waals surface area (Å²) in [7, 11) is 0. The van der Waals surface area contributed by atoms with Gasteiger partial charge in [0.25, 0.3) is 6.17 Å². The van der Waals surface area contributed by atoms with Crippen LogP contribution >= 0.6 is 0 Å². The summed E-state index contributed by atoms with van der Waals surface area (Å²) < 4.78 is 0. The molecule has 0 radical (unpaired) electrons. The zero-order valence-electron chi connectivity index (χ0n) is 4.64. The molecule has 0 fully saturated rings. The number of isocyanates is 2. The normalized spacial score (nSPS) is 10.4. The van der Waals surface area contributed by atoms with E-state index in [0.717, 1.165) is 12.2 Å². The predicted octanol–water partition coefficient (Wildman–Crippen LogP) is -0.931. The molecule has 0 saturated carbocycles. The van der Waals surface area contributed by atoms with Gasteiger partial charge in [-0.25, -0.2) is 14.4 Å². The third-order valence-electron chi connectivity index (χ3n) is 0.571. The zero-order valence-corrected chi connectivity index (χ0v) is 4.64. The van der Waals surface area contributed by atoms with Gasteiger partial charge in [0.15, 0.2) is 0 Å². The molecule has 0 aromatic carbocycles. The Morgan fingerprint density at radius 2 is 1.70 bits per heavy atom. The lowest BCUT2D eigenvalue weighted by Crippen LogP contribution is -2.14. The molecule has 6 heteroatoms. The van der Waals surface area contributed by atoms with E-state index in [1.807, 2.05) is 0 Å². The third-order valence-corrected chi connectivity index (χ3v) is 0.571. The average Bonchev–Trinajstić information content (AvgIpc) is 1.87. The Hall–Kier alpha value is -1.77. The molecule has 0 rings (SSSR count). The number of carbonyl (C=O) groups excluding carboxylic acids is 2. The van der Waals surface area contributed by atoms with E-state index in [4.69, 9.17) is 5.11 Å². The van der Waals surface area contributed by atoms with Crippen LogP contribution in [0.3, 0.4) is 0 Å². The largest absolute Gasteiger partial charge is 0.478 e. The second-order valence-corrected chi connectivity index (χ2v) is 1.15. The van der Waals surface area contributed by atoms with Crippen LogP contribution in [-0.4, -0.2) is 29.4 Å². The molecule has 0 aliphatic rings. The molecule has 0 amide bonds. The van der Waals surface area contributed by atoms with Crippen molar-refractivity contribution < 1.29 is 19.5 Å². The fraction of sp³-hybridized carbons (Fsp3) is 0.250. The highest BCUT2D eigenvalue weighted by Crippen LogP contribution is 1.88. The van der Waals surface area contributed by atoms with E-state index in [9.17, 15) is 14.4 Å². The van der Waals surface area contributed by atoms with Gasteiger partial charge in [-0.15, -0.1) is 0 Å². The van der Waals surface area contributed by atoms with Crippen LogP contribution in [0.1, 0.15) is 0 Å². The van der Waals surface area contributed by atoms with E-state index in [0.29, 0.717) is 0 Å². The number of rotatable bonds is 3. The van der Waals surface area contributed by atoms with Crippen LogP contribution in [0.5, 0.6) is 0 Å². The fourth-order valence-corrected chi connectivity index (χ4v) is 0.239. The first-order valence-corrected chi connectivity index (χ1v) is 2.09. The summed E-state index contributed by atoms with van der Waals surface area (Å²) >= 11 is 0. The van der Waals surface area contributed by atoms with Crippen molar-refractivity contribution in [2.45, 2.75) is 6.17 Å². The number of carbonyl (C=O) groups is 1. The Bertz CT molecular complexity index is 203. The first kappa shape index (κ1) is 8.23. The summed E-state index contributed by atoms with van der Waals surface area (Å²) in [5.41, 5.74) is 0. The summed E-state index contributed by atoms with van der Waals surface area (Å²) in [6.45, 7) is 0. The van der Waals surface area contributed by atoms with Gasteiger partial charge in [0.2, 0.25) is 12.2 Å². The van der Waals surface area contributed by atoms with Crippen molar-refractivity contribution in [1.82, 2.24) is 0 Å². The fourth-order valence-electron chi connectivity index (χ4n) is 0.239. The first-order valence-electron chi connectivity index (χ1n) is 2.09. The highest BCUT2D eigenvalue weighted by Gasteiger charge is 2.12. The highest BCUT2D eigenvalue weighted by molar-refractivity contribution is 5.75. The van der Waals surface area contributed by atoms with Gasteiger partial charge in [0.05, 0.1) is 0 Å². The number of aliphatic imine (C=N–C) groups is 2. The van der Waals surface area contributed by atoms with Crippen molar-refractivity contribution in [3.05, 3.63) is 0 Å². The van der Waals surface area contributed by atoms with Crippen molar-refractivity contribution in [2.24, 2.45) is 9.98 Å². The molecular weight excluding hydrogens is 140 g/mol. The Morgan fingerprint density at radius 1 is 1.30 bits per heavy atom. The Morgan fingerprint density at radius 3 is 1.90 bits per heavy atom. The molecule has 0 heterocycles. The van der Waals surface area contributed by atoms with Gasteiger partial charge in [0.1, 0.15) is 0 Å². The third kappa shape index (κ3) is 2.52. The van der Waals surface area contributed by atoms with Crippen LogP contribution in [0.2, 0.25) is 0 Å². The number of carboxylic acid groups (broad SMARTS) is 1. The molecule has 10 heavy (non-hydrogen) atoms. The number of hydrogen-bond donors (Lipinski definition) is 1. The first-order chi connectivity index (χ1) is 4.72. The van der Waals surface area contributed by atoms with Crippen LogP contribution < -0.4 is 0 Å². The van der Waals surface area contributed by atoms with Crippen molar-refractivity contribution >= 4 is 18.1 Å². The van der Waals surface area contributed by atoms with Crippen LogP contribution in [0.4, 0.5) is 0 Å². The molecule has 0 saturated heterocycles. The molecule has 0 aliphatic carbocycles. The SMILES string of the molecule is O=C=NC(N=C=O)C(=O)O. The maximum atomic E-state index is 9.93. The molecule has 0 aromatic heterocycles. The van der Waals surface area contributed by atoms with E-state index in [2.05, 4.69) is 9.98 Å². The quantitative estimate of drug-likeness (QED) is 0.406. The summed E-state index contributed by atoms with van der Waals surface area (Å²) in [4.78, 5) is 34.2. The Balaban J connectivity index is 4.40. The lowest BCUT2D eigenvalue weighted by Gasteiger charge is -1.90. The van der Waals surface area contributed by atoms with Crippen LogP contribution in [0.25, 0.3) is 0 Å². The predicted molar refractivity (Wildman–Crippen MR) is 27.7 cm³/mol. The maximum absolute atomic E-state index is 9.93. The van der Waals surface area contributed by atoms with Crippen molar-refractivity contribution in [2.75, 3.05) is 0 Å². The minimum atomic E-state index is -1.70. The lowest BCUT2D eigenvalue weighted by molar-refractivity contribution is -0.138. The van der Waals surface area contributed by atoms with Crippen LogP contribution in [0.15, 0.2) is 9.98 Å². The molecule has 52 valence electrons.